The van der Waals surface area contributed by atoms with Gasteiger partial charge in [-0.25, -0.2) is 0 Å². The fourth-order valence-electron chi connectivity index (χ4n) is 3.91. The van der Waals surface area contributed by atoms with Crippen molar-refractivity contribution in [1.29, 1.82) is 0 Å². The van der Waals surface area contributed by atoms with Crippen molar-refractivity contribution in [3.8, 4) is 5.75 Å². The molecule has 152 valence electrons. The van der Waals surface area contributed by atoms with Gasteiger partial charge in [-0.2, -0.15) is 0 Å². The van der Waals surface area contributed by atoms with Crippen LogP contribution < -0.4 is 9.64 Å². The predicted molar refractivity (Wildman–Crippen MR) is 120 cm³/mol. The molecule has 1 unspecified atom stereocenters. The number of anilines is 1. The Morgan fingerprint density at radius 2 is 1.62 bits per heavy atom. The molecule has 4 rings (SSSR count). The minimum absolute atomic E-state index is 0.315. The lowest BCUT2D eigenvalue weighted by atomic mass is 10.1. The number of aliphatic hydroxyl groups is 1. The van der Waals surface area contributed by atoms with Gasteiger partial charge in [-0.3, -0.25) is 4.90 Å². The minimum Gasteiger partial charge on any atom is -0.491 e. The Hall–Kier alpha value is -2.56. The largest absolute Gasteiger partial charge is 0.491 e. The normalized spacial score (nSPS) is 16.2. The van der Waals surface area contributed by atoms with Gasteiger partial charge in [0.25, 0.3) is 0 Å². The number of hydrogen-bond acceptors (Lipinski definition) is 4. The molecule has 1 heterocycles. The average molecular weight is 391 g/mol. The fraction of sp³-hybridized carbons (Fsp3) is 0.360. The van der Waals surface area contributed by atoms with Gasteiger partial charge in [0.2, 0.25) is 0 Å². The van der Waals surface area contributed by atoms with Crippen molar-refractivity contribution in [1.82, 2.24) is 4.90 Å². The minimum atomic E-state index is -0.491. The molecule has 4 heteroatoms. The standard InChI is InChI=1S/C25H30N2O2/c1-19-7-9-23(15-20(19)2)27-13-11-26(12-14-27)17-24(28)18-29-25-10-8-21-5-3-4-6-22(21)16-25/h3-10,15-16,24,28H,11-14,17-18H2,1-2H3. The van der Waals surface area contributed by atoms with E-state index < -0.39 is 6.10 Å². The molecule has 0 saturated carbocycles. The quantitative estimate of drug-likeness (QED) is 0.690. The number of rotatable bonds is 6. The van der Waals surface area contributed by atoms with E-state index in [0.29, 0.717) is 13.2 Å². The first kappa shape index (κ1) is 19.7. The second kappa shape index (κ2) is 8.85. The summed E-state index contributed by atoms with van der Waals surface area (Å²) in [6, 6.07) is 21.0. The maximum atomic E-state index is 10.4. The lowest BCUT2D eigenvalue weighted by molar-refractivity contribution is 0.0663. The summed E-state index contributed by atoms with van der Waals surface area (Å²) in [5.41, 5.74) is 3.97. The molecule has 1 aliphatic heterocycles. The number of piperazine rings is 1. The van der Waals surface area contributed by atoms with Crippen LogP contribution in [0.3, 0.4) is 0 Å². The molecule has 1 aliphatic rings. The summed E-state index contributed by atoms with van der Waals surface area (Å²) in [6.07, 6.45) is -0.491. The smallest absolute Gasteiger partial charge is 0.120 e. The van der Waals surface area contributed by atoms with Gasteiger partial charge in [0.05, 0.1) is 0 Å². The monoisotopic (exact) mass is 390 g/mol. The van der Waals surface area contributed by atoms with Crippen LogP contribution in [0, 0.1) is 13.8 Å². The van der Waals surface area contributed by atoms with Gasteiger partial charge in [-0.15, -0.1) is 0 Å². The van der Waals surface area contributed by atoms with Crippen LogP contribution in [0.1, 0.15) is 11.1 Å². The van der Waals surface area contributed by atoms with Gasteiger partial charge in [0.15, 0.2) is 0 Å². The third-order valence-electron chi connectivity index (χ3n) is 5.86. The molecule has 0 bridgehead atoms. The number of ether oxygens (including phenoxy) is 1. The Bertz CT molecular complexity index is 964. The number of benzene rings is 3. The zero-order valence-electron chi connectivity index (χ0n) is 17.3. The Morgan fingerprint density at radius 3 is 2.38 bits per heavy atom. The summed E-state index contributed by atoms with van der Waals surface area (Å²) in [6.45, 7) is 9.17. The van der Waals surface area contributed by atoms with E-state index in [0.717, 1.165) is 37.3 Å². The van der Waals surface area contributed by atoms with Crippen molar-refractivity contribution >= 4 is 16.5 Å². The lowest BCUT2D eigenvalue weighted by Gasteiger charge is -2.37. The van der Waals surface area contributed by atoms with Crippen molar-refractivity contribution < 1.29 is 9.84 Å². The van der Waals surface area contributed by atoms with E-state index in [1.54, 1.807) is 0 Å². The van der Waals surface area contributed by atoms with E-state index in [-0.39, 0.29) is 0 Å². The van der Waals surface area contributed by atoms with E-state index in [4.69, 9.17) is 4.74 Å². The molecule has 0 aromatic heterocycles. The van der Waals surface area contributed by atoms with Crippen LogP contribution in [0.15, 0.2) is 60.7 Å². The van der Waals surface area contributed by atoms with E-state index in [1.807, 2.05) is 24.3 Å². The number of fused-ring (bicyclic) bond motifs is 1. The number of hydrogen-bond donors (Lipinski definition) is 1. The topological polar surface area (TPSA) is 35.9 Å². The number of aliphatic hydroxyl groups excluding tert-OH is 1. The highest BCUT2D eigenvalue weighted by atomic mass is 16.5. The molecule has 1 saturated heterocycles. The molecule has 1 fully saturated rings. The van der Waals surface area contributed by atoms with Gasteiger partial charge >= 0.3 is 0 Å². The van der Waals surface area contributed by atoms with Crippen molar-refractivity contribution in [2.24, 2.45) is 0 Å². The van der Waals surface area contributed by atoms with Crippen LogP contribution in [0.5, 0.6) is 5.75 Å². The Morgan fingerprint density at radius 1 is 0.862 bits per heavy atom. The number of β-amino-alcohol motifs (C(OH)–C–C–N with tert-alkyl or cyclic N) is 1. The summed E-state index contributed by atoms with van der Waals surface area (Å²) >= 11 is 0. The highest BCUT2D eigenvalue weighted by molar-refractivity contribution is 5.83. The highest BCUT2D eigenvalue weighted by Gasteiger charge is 2.20. The van der Waals surface area contributed by atoms with Crippen LogP contribution in [0.25, 0.3) is 10.8 Å². The van der Waals surface area contributed by atoms with Gasteiger partial charge in [-0.1, -0.05) is 36.4 Å². The molecular formula is C25H30N2O2. The van der Waals surface area contributed by atoms with Crippen molar-refractivity contribution in [3.63, 3.8) is 0 Å². The second-order valence-corrected chi connectivity index (χ2v) is 8.03. The van der Waals surface area contributed by atoms with E-state index in [1.165, 1.54) is 22.2 Å². The fourth-order valence-corrected chi connectivity index (χ4v) is 3.91. The van der Waals surface area contributed by atoms with Crippen LogP contribution >= 0.6 is 0 Å². The molecule has 0 spiro atoms. The first-order chi connectivity index (χ1) is 14.1. The van der Waals surface area contributed by atoms with Gasteiger partial charge in [-0.05, 0) is 60.0 Å². The summed E-state index contributed by atoms with van der Waals surface area (Å²) in [5, 5.41) is 12.8. The lowest BCUT2D eigenvalue weighted by Crippen LogP contribution is -2.49. The average Bonchev–Trinajstić information content (AvgIpc) is 2.75. The maximum Gasteiger partial charge on any atom is 0.120 e. The first-order valence-electron chi connectivity index (χ1n) is 10.4. The van der Waals surface area contributed by atoms with Crippen LogP contribution in [-0.2, 0) is 0 Å². The summed E-state index contributed by atoms with van der Waals surface area (Å²) in [5.74, 6) is 0.808. The highest BCUT2D eigenvalue weighted by Crippen LogP contribution is 2.22. The SMILES string of the molecule is Cc1ccc(N2CCN(CC(O)COc3ccc4ccccc4c3)CC2)cc1C. The van der Waals surface area contributed by atoms with Crippen molar-refractivity contribution in [2.75, 3.05) is 44.2 Å². The Labute approximate surface area is 173 Å². The molecule has 0 amide bonds. The molecule has 29 heavy (non-hydrogen) atoms. The van der Waals surface area contributed by atoms with Crippen LogP contribution in [0.2, 0.25) is 0 Å². The predicted octanol–water partition coefficient (Wildman–Crippen LogP) is 4.02. The zero-order chi connectivity index (χ0) is 20.2. The second-order valence-electron chi connectivity index (χ2n) is 8.03. The summed E-state index contributed by atoms with van der Waals surface area (Å²) in [7, 11) is 0. The molecule has 1 atom stereocenters. The maximum absolute atomic E-state index is 10.4. The van der Waals surface area contributed by atoms with E-state index >= 15 is 0 Å². The summed E-state index contributed by atoms with van der Waals surface area (Å²) in [4.78, 5) is 4.76. The van der Waals surface area contributed by atoms with E-state index in [2.05, 4.69) is 60.0 Å². The number of aryl methyl sites for hydroxylation is 2. The first-order valence-corrected chi connectivity index (χ1v) is 10.4. The van der Waals surface area contributed by atoms with Crippen molar-refractivity contribution in [2.45, 2.75) is 20.0 Å². The van der Waals surface area contributed by atoms with Crippen LogP contribution in [0.4, 0.5) is 5.69 Å². The third kappa shape index (κ3) is 4.89. The van der Waals surface area contributed by atoms with Gasteiger partial charge < -0.3 is 14.7 Å². The molecule has 1 N–H and O–H groups in total. The molecular weight excluding hydrogens is 360 g/mol. The Balaban J connectivity index is 1.25. The Kier molecular flexibility index (Phi) is 6.02. The van der Waals surface area contributed by atoms with Gasteiger partial charge in [0.1, 0.15) is 18.5 Å². The van der Waals surface area contributed by atoms with Crippen molar-refractivity contribution in [3.05, 3.63) is 71.8 Å². The number of nitrogens with zero attached hydrogens (tertiary/aromatic N) is 2. The van der Waals surface area contributed by atoms with E-state index in [9.17, 15) is 5.11 Å². The third-order valence-corrected chi connectivity index (χ3v) is 5.86. The van der Waals surface area contributed by atoms with Gasteiger partial charge in [0, 0.05) is 38.4 Å². The molecule has 3 aromatic carbocycles. The summed E-state index contributed by atoms with van der Waals surface area (Å²) < 4.78 is 5.85. The van der Waals surface area contributed by atoms with Crippen LogP contribution in [-0.4, -0.2) is 55.4 Å². The molecule has 4 nitrogen and oxygen atoms in total. The zero-order valence-corrected chi connectivity index (χ0v) is 17.3. The molecule has 0 aliphatic carbocycles. The molecule has 0 radical (unpaired) electrons. The molecule has 3 aromatic rings.